The number of rotatable bonds is 4. The van der Waals surface area contributed by atoms with Gasteiger partial charge in [0, 0.05) is 5.02 Å². The largest absolute Gasteiger partial charge is 0.290 e. The molecule has 0 aliphatic carbocycles. The van der Waals surface area contributed by atoms with Gasteiger partial charge < -0.3 is 0 Å². The number of nitrogens with zero attached hydrogens (tertiary/aromatic N) is 1. The maximum atomic E-state index is 11.0. The van der Waals surface area contributed by atoms with E-state index in [0.29, 0.717) is 10.7 Å². The number of hydrogen-bond donors (Lipinski definition) is 1. The Morgan fingerprint density at radius 3 is 2.24 bits per heavy atom. The van der Waals surface area contributed by atoms with E-state index < -0.39 is 5.78 Å². The van der Waals surface area contributed by atoms with Gasteiger partial charge >= 0.3 is 0 Å². The first-order valence-electron chi connectivity index (χ1n) is 4.18. The highest BCUT2D eigenvalue weighted by molar-refractivity contribution is 6.84. The predicted octanol–water partition coefficient (Wildman–Crippen LogP) is 4.42. The van der Waals surface area contributed by atoms with E-state index in [0.717, 1.165) is 0 Å². The van der Waals surface area contributed by atoms with E-state index in [1.165, 1.54) is 12.1 Å². The summed E-state index contributed by atoms with van der Waals surface area (Å²) in [7, 11) is 0. The van der Waals surface area contributed by atoms with Crippen LogP contribution in [0.5, 0.6) is 0 Å². The lowest BCUT2D eigenvalue weighted by molar-refractivity contribution is -0.110. The summed E-state index contributed by atoms with van der Waals surface area (Å²) in [5, 5.41) is 4.22. The minimum absolute atomic E-state index is 0.258. The third-order valence-corrected chi connectivity index (χ3v) is 2.98. The standard InChI is InChI=1S/C9H5Cl5N2O/c10-3-7(17)9(14)16-15-8-5(12)1-4(11)2-6(8)13/h1-2,15H,3H2. The van der Waals surface area contributed by atoms with Crippen LogP contribution in [0.1, 0.15) is 0 Å². The topological polar surface area (TPSA) is 41.5 Å². The van der Waals surface area contributed by atoms with Crippen molar-refractivity contribution in [1.82, 2.24) is 0 Å². The van der Waals surface area contributed by atoms with Crippen LogP contribution < -0.4 is 5.43 Å². The summed E-state index contributed by atoms with van der Waals surface area (Å²) >= 11 is 28.3. The van der Waals surface area contributed by atoms with Gasteiger partial charge in [0.15, 0.2) is 5.17 Å². The van der Waals surface area contributed by atoms with Crippen molar-refractivity contribution < 1.29 is 4.79 Å². The Labute approximate surface area is 123 Å². The van der Waals surface area contributed by atoms with Crippen molar-refractivity contribution in [2.24, 2.45) is 5.10 Å². The summed E-state index contributed by atoms with van der Waals surface area (Å²) in [4.78, 5) is 11.0. The first-order valence-corrected chi connectivity index (χ1v) is 6.23. The van der Waals surface area contributed by atoms with E-state index in [4.69, 9.17) is 58.0 Å². The molecule has 0 aliphatic heterocycles. The predicted molar refractivity (Wildman–Crippen MR) is 74.1 cm³/mol. The van der Waals surface area contributed by atoms with Gasteiger partial charge in [-0.05, 0) is 12.1 Å². The summed E-state index contributed by atoms with van der Waals surface area (Å²) in [5.74, 6) is -0.770. The third-order valence-electron chi connectivity index (χ3n) is 1.62. The molecule has 0 aromatic heterocycles. The molecule has 0 spiro atoms. The second-order valence-electron chi connectivity index (χ2n) is 2.82. The summed E-state index contributed by atoms with van der Waals surface area (Å²) in [6, 6.07) is 2.95. The van der Waals surface area contributed by atoms with Crippen LogP contribution in [0.15, 0.2) is 17.2 Å². The molecule has 1 rings (SSSR count). The molecular weight excluding hydrogens is 329 g/mol. The van der Waals surface area contributed by atoms with Gasteiger partial charge in [-0.3, -0.25) is 10.2 Å². The molecule has 17 heavy (non-hydrogen) atoms. The number of Topliss-reactive ketones (excluding diaryl/α,β-unsaturated/α-hetero) is 1. The van der Waals surface area contributed by atoms with Crippen LogP contribution >= 0.6 is 58.0 Å². The quantitative estimate of drug-likeness (QED) is 0.503. The van der Waals surface area contributed by atoms with E-state index in [1.54, 1.807) is 0 Å². The van der Waals surface area contributed by atoms with Crippen LogP contribution in [0.3, 0.4) is 0 Å². The molecular formula is C9H5Cl5N2O. The van der Waals surface area contributed by atoms with Gasteiger partial charge in [-0.25, -0.2) is 0 Å². The van der Waals surface area contributed by atoms with E-state index in [2.05, 4.69) is 10.5 Å². The zero-order chi connectivity index (χ0) is 13.0. The van der Waals surface area contributed by atoms with Crippen LogP contribution in [-0.4, -0.2) is 16.8 Å². The smallest absolute Gasteiger partial charge is 0.209 e. The summed E-state index contributed by atoms with van der Waals surface area (Å²) in [5.41, 5.74) is 2.78. The number of nitrogens with one attached hydrogen (secondary N) is 1. The molecule has 0 saturated heterocycles. The van der Waals surface area contributed by atoms with Gasteiger partial charge in [-0.1, -0.05) is 46.4 Å². The summed E-state index contributed by atoms with van der Waals surface area (Å²) in [6.45, 7) is 0. The van der Waals surface area contributed by atoms with Crippen molar-refractivity contribution in [3.8, 4) is 0 Å². The summed E-state index contributed by atoms with van der Waals surface area (Å²) in [6.07, 6.45) is 0. The Morgan fingerprint density at radius 2 is 1.76 bits per heavy atom. The fourth-order valence-corrected chi connectivity index (χ4v) is 2.08. The van der Waals surface area contributed by atoms with Crippen LogP contribution in [-0.2, 0) is 4.79 Å². The number of anilines is 1. The maximum Gasteiger partial charge on any atom is 0.209 e. The molecule has 0 heterocycles. The average molecular weight is 334 g/mol. The van der Waals surface area contributed by atoms with Crippen LogP contribution in [0.25, 0.3) is 0 Å². The molecule has 1 aromatic carbocycles. The molecule has 0 atom stereocenters. The Morgan fingerprint density at radius 1 is 1.24 bits per heavy atom. The molecule has 0 aliphatic rings. The second kappa shape index (κ2) is 6.66. The zero-order valence-corrected chi connectivity index (χ0v) is 11.9. The number of benzene rings is 1. The van der Waals surface area contributed by atoms with E-state index in [1.807, 2.05) is 0 Å². The van der Waals surface area contributed by atoms with Crippen molar-refractivity contribution in [2.45, 2.75) is 0 Å². The molecule has 1 N–H and O–H groups in total. The lowest BCUT2D eigenvalue weighted by atomic mass is 10.3. The van der Waals surface area contributed by atoms with E-state index >= 15 is 0 Å². The SMILES string of the molecule is O=C(CCl)C(Cl)=NNc1c(Cl)cc(Cl)cc1Cl. The highest BCUT2D eigenvalue weighted by atomic mass is 35.5. The molecule has 1 aromatic rings. The number of alkyl halides is 1. The Balaban J connectivity index is 2.93. The lowest BCUT2D eigenvalue weighted by Crippen LogP contribution is -2.10. The molecule has 3 nitrogen and oxygen atoms in total. The molecule has 0 saturated carbocycles. The number of hydrazone groups is 1. The van der Waals surface area contributed by atoms with Crippen molar-refractivity contribution in [2.75, 3.05) is 11.3 Å². The van der Waals surface area contributed by atoms with Crippen LogP contribution in [0.4, 0.5) is 5.69 Å². The highest BCUT2D eigenvalue weighted by Gasteiger charge is 2.10. The van der Waals surface area contributed by atoms with Gasteiger partial charge in [0.25, 0.3) is 0 Å². The number of halogens is 5. The molecule has 0 bridgehead atoms. The first-order chi connectivity index (χ1) is 7.95. The lowest BCUT2D eigenvalue weighted by Gasteiger charge is -2.06. The van der Waals surface area contributed by atoms with Gasteiger partial charge in [0.2, 0.25) is 5.78 Å². The third kappa shape index (κ3) is 4.19. The van der Waals surface area contributed by atoms with Gasteiger partial charge in [-0.2, -0.15) is 5.10 Å². The zero-order valence-electron chi connectivity index (χ0n) is 8.11. The molecule has 0 radical (unpaired) electrons. The first kappa shape index (κ1) is 14.9. The molecule has 0 unspecified atom stereocenters. The van der Waals surface area contributed by atoms with Crippen molar-refractivity contribution in [3.63, 3.8) is 0 Å². The monoisotopic (exact) mass is 332 g/mol. The van der Waals surface area contributed by atoms with Crippen molar-refractivity contribution in [1.29, 1.82) is 0 Å². The number of ketones is 1. The van der Waals surface area contributed by atoms with Crippen LogP contribution in [0.2, 0.25) is 15.1 Å². The fourth-order valence-electron chi connectivity index (χ4n) is 0.871. The van der Waals surface area contributed by atoms with E-state index in [-0.39, 0.29) is 21.1 Å². The van der Waals surface area contributed by atoms with Crippen LogP contribution in [0, 0.1) is 0 Å². The average Bonchev–Trinajstić information content (AvgIpc) is 2.26. The Kier molecular flexibility index (Phi) is 5.83. The van der Waals surface area contributed by atoms with Gasteiger partial charge in [0.1, 0.15) is 0 Å². The summed E-state index contributed by atoms with van der Waals surface area (Å²) < 4.78 is 0. The minimum atomic E-state index is -0.512. The minimum Gasteiger partial charge on any atom is -0.290 e. The van der Waals surface area contributed by atoms with Gasteiger partial charge in [0.05, 0.1) is 21.6 Å². The number of hydrogen-bond acceptors (Lipinski definition) is 3. The second-order valence-corrected chi connectivity index (χ2v) is 4.69. The van der Waals surface area contributed by atoms with E-state index in [9.17, 15) is 4.79 Å². The van der Waals surface area contributed by atoms with Gasteiger partial charge in [-0.15, -0.1) is 11.6 Å². The number of carbonyl (C=O) groups excluding carboxylic acids is 1. The Bertz CT molecular complexity index is 451. The molecule has 0 fully saturated rings. The molecule has 8 heteroatoms. The van der Waals surface area contributed by atoms with Crippen molar-refractivity contribution >= 4 is 74.6 Å². The Hall–Kier alpha value is -0.190. The fraction of sp³-hybridized carbons (Fsp3) is 0.111. The highest BCUT2D eigenvalue weighted by Crippen LogP contribution is 2.33. The normalized spacial score (nSPS) is 11.5. The number of carbonyl (C=O) groups is 1. The molecule has 92 valence electrons. The van der Waals surface area contributed by atoms with Crippen molar-refractivity contribution in [3.05, 3.63) is 27.2 Å². The molecule has 0 amide bonds. The maximum absolute atomic E-state index is 11.0.